The van der Waals surface area contributed by atoms with Crippen molar-refractivity contribution in [1.82, 2.24) is 14.6 Å². The van der Waals surface area contributed by atoms with Crippen molar-refractivity contribution in [3.8, 4) is 11.1 Å². The number of nitrogens with zero attached hydrogens (tertiary/aromatic N) is 3. The van der Waals surface area contributed by atoms with Crippen molar-refractivity contribution in [2.75, 3.05) is 5.32 Å². The summed E-state index contributed by atoms with van der Waals surface area (Å²) in [4.78, 5) is 4.18. The van der Waals surface area contributed by atoms with Gasteiger partial charge in [-0.05, 0) is 20.8 Å². The van der Waals surface area contributed by atoms with E-state index in [1.165, 1.54) is 4.52 Å². The first-order chi connectivity index (χ1) is 11.3. The van der Waals surface area contributed by atoms with E-state index in [1.807, 2.05) is 13.8 Å². The van der Waals surface area contributed by atoms with Crippen molar-refractivity contribution in [3.63, 3.8) is 0 Å². The molecule has 0 aliphatic carbocycles. The van der Waals surface area contributed by atoms with Crippen LogP contribution < -0.4 is 5.32 Å². The topological polar surface area (TPSA) is 42.2 Å². The number of rotatable bonds is 3. The Labute approximate surface area is 141 Å². The van der Waals surface area contributed by atoms with Crippen LogP contribution in [0.15, 0.2) is 18.3 Å². The zero-order chi connectivity index (χ0) is 17.6. The maximum Gasteiger partial charge on any atom is 0.161 e. The third-order valence-electron chi connectivity index (χ3n) is 3.46. The van der Waals surface area contributed by atoms with E-state index < -0.39 is 23.0 Å². The molecule has 3 rings (SSSR count). The fourth-order valence-corrected chi connectivity index (χ4v) is 2.75. The third-order valence-corrected chi connectivity index (χ3v) is 3.73. The fraction of sp³-hybridized carbons (Fsp3) is 0.250. The zero-order valence-electron chi connectivity index (χ0n) is 13.2. The van der Waals surface area contributed by atoms with Crippen LogP contribution in [-0.2, 0) is 0 Å². The van der Waals surface area contributed by atoms with E-state index in [-0.39, 0.29) is 22.6 Å². The number of benzene rings is 1. The second-order valence-corrected chi connectivity index (χ2v) is 6.09. The summed E-state index contributed by atoms with van der Waals surface area (Å²) in [5.41, 5.74) is 0.771. The molecule has 0 saturated carbocycles. The molecule has 2 aromatic heterocycles. The van der Waals surface area contributed by atoms with Gasteiger partial charge in [0.25, 0.3) is 0 Å². The second kappa shape index (κ2) is 5.98. The van der Waals surface area contributed by atoms with Crippen LogP contribution in [0.1, 0.15) is 19.4 Å². The molecule has 0 aliphatic heterocycles. The lowest BCUT2D eigenvalue weighted by atomic mass is 10.1. The first-order valence-electron chi connectivity index (χ1n) is 7.25. The summed E-state index contributed by atoms with van der Waals surface area (Å²) in [5.74, 6) is -2.85. The number of aromatic nitrogens is 3. The molecule has 2 heterocycles. The largest absolute Gasteiger partial charge is 0.367 e. The Kier molecular flexibility index (Phi) is 4.13. The molecule has 0 atom stereocenters. The van der Waals surface area contributed by atoms with Crippen LogP contribution in [0.5, 0.6) is 0 Å². The number of nitrogens with one attached hydrogen (secondary N) is 1. The Morgan fingerprint density at radius 3 is 2.33 bits per heavy atom. The highest BCUT2D eigenvalue weighted by molar-refractivity contribution is 6.33. The predicted octanol–water partition coefficient (Wildman–Crippen LogP) is 4.60. The molecule has 24 heavy (non-hydrogen) atoms. The smallest absolute Gasteiger partial charge is 0.161 e. The van der Waals surface area contributed by atoms with Crippen LogP contribution in [0, 0.1) is 24.4 Å². The van der Waals surface area contributed by atoms with Crippen LogP contribution in [0.3, 0.4) is 0 Å². The molecule has 0 unspecified atom stereocenters. The quantitative estimate of drug-likeness (QED) is 0.699. The van der Waals surface area contributed by atoms with Crippen LogP contribution in [0.4, 0.5) is 19.0 Å². The Morgan fingerprint density at radius 1 is 1.12 bits per heavy atom. The minimum absolute atomic E-state index is 0.00373. The maximum absolute atomic E-state index is 14.3. The Balaban J connectivity index is 2.41. The molecule has 0 bridgehead atoms. The molecule has 0 spiro atoms. The van der Waals surface area contributed by atoms with E-state index in [0.717, 1.165) is 5.56 Å². The number of anilines is 1. The van der Waals surface area contributed by atoms with E-state index in [1.54, 1.807) is 13.1 Å². The highest BCUT2D eigenvalue weighted by atomic mass is 35.5. The van der Waals surface area contributed by atoms with Gasteiger partial charge in [-0.15, -0.1) is 0 Å². The van der Waals surface area contributed by atoms with Gasteiger partial charge in [-0.1, -0.05) is 11.6 Å². The first-order valence-corrected chi connectivity index (χ1v) is 7.62. The fourth-order valence-electron chi connectivity index (χ4n) is 2.48. The molecule has 3 aromatic rings. The number of fused-ring (bicyclic) bond motifs is 1. The van der Waals surface area contributed by atoms with Crippen LogP contribution in [-0.4, -0.2) is 20.6 Å². The molecule has 0 radical (unpaired) electrons. The lowest BCUT2D eigenvalue weighted by molar-refractivity contribution is 0.548. The minimum Gasteiger partial charge on any atom is -0.367 e. The molecule has 1 aromatic carbocycles. The Morgan fingerprint density at radius 2 is 1.75 bits per heavy atom. The van der Waals surface area contributed by atoms with Gasteiger partial charge in [0, 0.05) is 23.7 Å². The van der Waals surface area contributed by atoms with E-state index in [0.29, 0.717) is 17.8 Å². The van der Waals surface area contributed by atoms with Crippen LogP contribution >= 0.6 is 11.6 Å². The number of hydrogen-bond acceptors (Lipinski definition) is 3. The molecule has 0 aliphatic rings. The number of aryl methyl sites for hydroxylation is 1. The molecular formula is C16H14ClF3N4. The Bertz CT molecular complexity index is 914. The van der Waals surface area contributed by atoms with Crippen molar-refractivity contribution in [1.29, 1.82) is 0 Å². The number of hydrogen-bond donors (Lipinski definition) is 1. The predicted molar refractivity (Wildman–Crippen MR) is 86.8 cm³/mol. The third kappa shape index (κ3) is 2.69. The average molecular weight is 355 g/mol. The molecular weight excluding hydrogens is 341 g/mol. The standard InChI is InChI=1S/C16H14ClF3N4/c1-7(2)22-16-13(12-10(19)4-9(18)5-11(12)20)14(17)23-15-8(3)6-21-24(15)16/h4-7,22H,1-3H3. The summed E-state index contributed by atoms with van der Waals surface area (Å²) in [7, 11) is 0. The van der Waals surface area contributed by atoms with Crippen LogP contribution in [0.2, 0.25) is 5.15 Å². The van der Waals surface area contributed by atoms with Gasteiger partial charge >= 0.3 is 0 Å². The molecule has 0 amide bonds. The van der Waals surface area contributed by atoms with Gasteiger partial charge in [-0.25, -0.2) is 18.2 Å². The summed E-state index contributed by atoms with van der Waals surface area (Å²) >= 11 is 6.22. The van der Waals surface area contributed by atoms with Gasteiger partial charge in [0.15, 0.2) is 5.65 Å². The van der Waals surface area contributed by atoms with Gasteiger partial charge < -0.3 is 5.32 Å². The van der Waals surface area contributed by atoms with Crippen molar-refractivity contribution in [2.45, 2.75) is 26.8 Å². The Hall–Kier alpha value is -2.28. The summed E-state index contributed by atoms with van der Waals surface area (Å²) in [6, 6.07) is 1.14. The molecule has 4 nitrogen and oxygen atoms in total. The summed E-state index contributed by atoms with van der Waals surface area (Å²) < 4.78 is 43.2. The summed E-state index contributed by atoms with van der Waals surface area (Å²) in [6.07, 6.45) is 1.57. The van der Waals surface area contributed by atoms with E-state index in [2.05, 4.69) is 15.4 Å². The lowest BCUT2D eigenvalue weighted by Gasteiger charge is -2.18. The summed E-state index contributed by atoms with van der Waals surface area (Å²) in [5, 5.41) is 7.18. The van der Waals surface area contributed by atoms with Crippen molar-refractivity contribution in [3.05, 3.63) is 46.5 Å². The van der Waals surface area contributed by atoms with Crippen molar-refractivity contribution >= 4 is 23.1 Å². The zero-order valence-corrected chi connectivity index (χ0v) is 13.9. The maximum atomic E-state index is 14.3. The van der Waals surface area contributed by atoms with Crippen molar-refractivity contribution < 1.29 is 13.2 Å². The van der Waals surface area contributed by atoms with E-state index in [4.69, 9.17) is 11.6 Å². The monoisotopic (exact) mass is 354 g/mol. The second-order valence-electron chi connectivity index (χ2n) is 5.73. The average Bonchev–Trinajstić information content (AvgIpc) is 2.81. The normalized spacial score (nSPS) is 11.5. The molecule has 0 saturated heterocycles. The van der Waals surface area contributed by atoms with Crippen LogP contribution in [0.25, 0.3) is 16.8 Å². The lowest BCUT2D eigenvalue weighted by Crippen LogP contribution is -2.16. The van der Waals surface area contributed by atoms with Gasteiger partial charge in [0.2, 0.25) is 0 Å². The van der Waals surface area contributed by atoms with Gasteiger partial charge in [0.1, 0.15) is 28.4 Å². The van der Waals surface area contributed by atoms with Crippen molar-refractivity contribution in [2.24, 2.45) is 0 Å². The highest BCUT2D eigenvalue weighted by Crippen LogP contribution is 2.38. The first kappa shape index (κ1) is 16.6. The summed E-state index contributed by atoms with van der Waals surface area (Å²) in [6.45, 7) is 5.51. The van der Waals surface area contributed by atoms with Gasteiger partial charge in [-0.2, -0.15) is 9.61 Å². The highest BCUT2D eigenvalue weighted by Gasteiger charge is 2.24. The molecule has 8 heteroatoms. The SMILES string of the molecule is Cc1cnn2c(NC(C)C)c(-c3c(F)cc(F)cc3F)c(Cl)nc12. The minimum atomic E-state index is -1.06. The van der Waals surface area contributed by atoms with Gasteiger partial charge in [-0.3, -0.25) is 0 Å². The van der Waals surface area contributed by atoms with Gasteiger partial charge in [0.05, 0.1) is 17.3 Å². The number of halogens is 4. The molecule has 0 fully saturated rings. The van der Waals surface area contributed by atoms with E-state index in [9.17, 15) is 13.2 Å². The van der Waals surface area contributed by atoms with E-state index >= 15 is 0 Å². The molecule has 126 valence electrons. The molecule has 1 N–H and O–H groups in total.